The molecule has 102 valence electrons. The average molecular weight is 335 g/mol. The number of benzene rings is 1. The number of halogens is 2. The highest BCUT2D eigenvalue weighted by atomic mass is 79.9. The van der Waals surface area contributed by atoms with Crippen molar-refractivity contribution in [1.29, 1.82) is 0 Å². The van der Waals surface area contributed by atoms with Gasteiger partial charge in [-0.25, -0.2) is 4.39 Å². The number of hydrogen-bond acceptors (Lipinski definition) is 3. The SMILES string of the molecule is CNC(c1cncc(Br)c1)c1cc2cccc(F)c2o1. The fourth-order valence-electron chi connectivity index (χ4n) is 2.25. The van der Waals surface area contributed by atoms with Crippen LogP contribution in [0.3, 0.4) is 0 Å². The molecule has 0 saturated carbocycles. The Hall–Kier alpha value is -1.72. The molecule has 0 aliphatic heterocycles. The fraction of sp³-hybridized carbons (Fsp3) is 0.133. The van der Waals surface area contributed by atoms with E-state index in [-0.39, 0.29) is 17.4 Å². The standard InChI is InChI=1S/C15H12BrFN2O/c1-18-14(10-5-11(16)8-19-7-10)13-6-9-3-2-4-12(17)15(9)20-13/h2-8,14,18H,1H3. The van der Waals surface area contributed by atoms with Gasteiger partial charge in [0, 0.05) is 22.3 Å². The first kappa shape index (κ1) is 13.3. The van der Waals surface area contributed by atoms with E-state index in [0.29, 0.717) is 5.76 Å². The fourth-order valence-corrected chi connectivity index (χ4v) is 2.63. The van der Waals surface area contributed by atoms with Crippen LogP contribution in [0.1, 0.15) is 17.4 Å². The van der Waals surface area contributed by atoms with Gasteiger partial charge < -0.3 is 9.73 Å². The van der Waals surface area contributed by atoms with Crippen LogP contribution in [0.25, 0.3) is 11.0 Å². The van der Waals surface area contributed by atoms with E-state index in [1.54, 1.807) is 18.5 Å². The smallest absolute Gasteiger partial charge is 0.169 e. The second-order valence-electron chi connectivity index (χ2n) is 4.47. The minimum atomic E-state index is -0.351. The number of para-hydroxylation sites is 1. The molecule has 0 aliphatic carbocycles. The van der Waals surface area contributed by atoms with Crippen LogP contribution < -0.4 is 5.32 Å². The molecule has 3 rings (SSSR count). The second kappa shape index (κ2) is 5.34. The van der Waals surface area contributed by atoms with Crippen molar-refractivity contribution >= 4 is 26.9 Å². The van der Waals surface area contributed by atoms with Crippen LogP contribution in [0.4, 0.5) is 4.39 Å². The Morgan fingerprint density at radius 3 is 2.85 bits per heavy atom. The van der Waals surface area contributed by atoms with Crippen LogP contribution in [0.5, 0.6) is 0 Å². The van der Waals surface area contributed by atoms with Gasteiger partial charge in [0.05, 0.1) is 6.04 Å². The van der Waals surface area contributed by atoms with E-state index in [4.69, 9.17) is 4.42 Å². The molecular formula is C15H12BrFN2O. The number of fused-ring (bicyclic) bond motifs is 1. The van der Waals surface area contributed by atoms with Gasteiger partial charge in [-0.3, -0.25) is 4.98 Å². The topological polar surface area (TPSA) is 38.1 Å². The maximum Gasteiger partial charge on any atom is 0.169 e. The van der Waals surface area contributed by atoms with Crippen molar-refractivity contribution in [2.75, 3.05) is 7.05 Å². The molecule has 1 atom stereocenters. The zero-order valence-electron chi connectivity index (χ0n) is 10.7. The first-order valence-electron chi connectivity index (χ1n) is 6.14. The summed E-state index contributed by atoms with van der Waals surface area (Å²) in [5.74, 6) is 0.309. The van der Waals surface area contributed by atoms with E-state index in [0.717, 1.165) is 15.4 Å². The molecule has 1 unspecified atom stereocenters. The first-order chi connectivity index (χ1) is 9.69. The van der Waals surface area contributed by atoms with Gasteiger partial charge in [0.15, 0.2) is 11.4 Å². The molecule has 1 aromatic carbocycles. The Morgan fingerprint density at radius 2 is 2.15 bits per heavy atom. The normalized spacial score (nSPS) is 12.8. The lowest BCUT2D eigenvalue weighted by atomic mass is 10.1. The maximum atomic E-state index is 13.7. The van der Waals surface area contributed by atoms with Crippen molar-refractivity contribution in [2.24, 2.45) is 0 Å². The lowest BCUT2D eigenvalue weighted by Crippen LogP contribution is -2.17. The van der Waals surface area contributed by atoms with E-state index in [1.165, 1.54) is 6.07 Å². The zero-order valence-corrected chi connectivity index (χ0v) is 12.3. The summed E-state index contributed by atoms with van der Waals surface area (Å²) < 4.78 is 20.3. The third-order valence-electron chi connectivity index (χ3n) is 3.15. The predicted molar refractivity (Wildman–Crippen MR) is 79.0 cm³/mol. The van der Waals surface area contributed by atoms with Crippen molar-refractivity contribution in [3.63, 3.8) is 0 Å². The molecule has 0 fully saturated rings. The van der Waals surface area contributed by atoms with Crippen LogP contribution >= 0.6 is 15.9 Å². The summed E-state index contributed by atoms with van der Waals surface area (Å²) in [5.41, 5.74) is 1.23. The largest absolute Gasteiger partial charge is 0.456 e. The van der Waals surface area contributed by atoms with Crippen molar-refractivity contribution < 1.29 is 8.81 Å². The third kappa shape index (κ3) is 2.34. The van der Waals surface area contributed by atoms with Gasteiger partial charge in [-0.2, -0.15) is 0 Å². The number of rotatable bonds is 3. The van der Waals surface area contributed by atoms with Crippen molar-refractivity contribution in [3.05, 3.63) is 64.3 Å². The minimum Gasteiger partial charge on any atom is -0.456 e. The van der Waals surface area contributed by atoms with Crippen LogP contribution in [-0.4, -0.2) is 12.0 Å². The number of nitrogens with one attached hydrogen (secondary N) is 1. The Morgan fingerprint density at radius 1 is 1.30 bits per heavy atom. The summed E-state index contributed by atoms with van der Waals surface area (Å²) in [5, 5.41) is 3.92. The molecule has 3 aromatic rings. The van der Waals surface area contributed by atoms with Gasteiger partial charge in [-0.15, -0.1) is 0 Å². The molecule has 0 bridgehead atoms. The Bertz CT molecular complexity index is 756. The Balaban J connectivity index is 2.09. The monoisotopic (exact) mass is 334 g/mol. The molecule has 2 heterocycles. The summed E-state index contributed by atoms with van der Waals surface area (Å²) in [6.07, 6.45) is 3.48. The van der Waals surface area contributed by atoms with Crippen molar-refractivity contribution in [2.45, 2.75) is 6.04 Å². The Labute approximate surface area is 123 Å². The highest BCUT2D eigenvalue weighted by molar-refractivity contribution is 9.10. The lowest BCUT2D eigenvalue weighted by Gasteiger charge is -2.13. The van der Waals surface area contributed by atoms with Gasteiger partial charge >= 0.3 is 0 Å². The number of hydrogen-bond donors (Lipinski definition) is 1. The molecule has 0 radical (unpaired) electrons. The zero-order chi connectivity index (χ0) is 14.1. The molecule has 0 aliphatic rings. The minimum absolute atomic E-state index is 0.174. The first-order valence-corrected chi connectivity index (χ1v) is 6.94. The van der Waals surface area contributed by atoms with E-state index < -0.39 is 0 Å². The van der Waals surface area contributed by atoms with Crippen LogP contribution in [0, 0.1) is 5.82 Å². The molecule has 3 nitrogen and oxygen atoms in total. The molecule has 5 heteroatoms. The summed E-state index contributed by atoms with van der Waals surface area (Å²) >= 11 is 3.40. The number of aromatic nitrogens is 1. The van der Waals surface area contributed by atoms with Gasteiger partial charge in [0.2, 0.25) is 0 Å². The van der Waals surface area contributed by atoms with Crippen LogP contribution in [0.15, 0.2) is 51.6 Å². The van der Waals surface area contributed by atoms with E-state index >= 15 is 0 Å². The third-order valence-corrected chi connectivity index (χ3v) is 3.58. The lowest BCUT2D eigenvalue weighted by molar-refractivity contribution is 0.476. The summed E-state index contributed by atoms with van der Waals surface area (Å²) in [6, 6.07) is 8.53. The molecule has 0 saturated heterocycles. The molecular weight excluding hydrogens is 323 g/mol. The quantitative estimate of drug-likeness (QED) is 0.785. The number of pyridine rings is 1. The highest BCUT2D eigenvalue weighted by Crippen LogP contribution is 2.29. The number of nitrogens with zero attached hydrogens (tertiary/aromatic N) is 1. The highest BCUT2D eigenvalue weighted by Gasteiger charge is 2.18. The molecule has 2 aromatic heterocycles. The molecule has 0 spiro atoms. The van der Waals surface area contributed by atoms with Crippen LogP contribution in [0.2, 0.25) is 0 Å². The summed E-state index contributed by atoms with van der Waals surface area (Å²) in [6.45, 7) is 0. The molecule has 0 amide bonds. The van der Waals surface area contributed by atoms with E-state index in [2.05, 4.69) is 26.2 Å². The summed E-state index contributed by atoms with van der Waals surface area (Å²) in [4.78, 5) is 4.15. The Kier molecular flexibility index (Phi) is 3.54. The average Bonchev–Trinajstić information content (AvgIpc) is 2.85. The molecule has 20 heavy (non-hydrogen) atoms. The van der Waals surface area contributed by atoms with Gasteiger partial charge in [0.1, 0.15) is 5.76 Å². The van der Waals surface area contributed by atoms with Gasteiger partial charge in [-0.1, -0.05) is 12.1 Å². The molecule has 1 N–H and O–H groups in total. The van der Waals surface area contributed by atoms with Crippen LogP contribution in [-0.2, 0) is 0 Å². The van der Waals surface area contributed by atoms with Gasteiger partial charge in [0.25, 0.3) is 0 Å². The predicted octanol–water partition coefficient (Wildman–Crippen LogP) is 4.04. The maximum absolute atomic E-state index is 13.7. The van der Waals surface area contributed by atoms with E-state index in [1.807, 2.05) is 25.2 Å². The summed E-state index contributed by atoms with van der Waals surface area (Å²) in [7, 11) is 1.83. The van der Waals surface area contributed by atoms with Gasteiger partial charge in [-0.05, 0) is 46.7 Å². The van der Waals surface area contributed by atoms with Crippen molar-refractivity contribution in [3.8, 4) is 0 Å². The number of furan rings is 1. The second-order valence-corrected chi connectivity index (χ2v) is 5.38. The van der Waals surface area contributed by atoms with E-state index in [9.17, 15) is 4.39 Å². The van der Waals surface area contributed by atoms with Crippen molar-refractivity contribution in [1.82, 2.24) is 10.3 Å².